The van der Waals surface area contributed by atoms with Crippen LogP contribution in [-0.2, 0) is 16.0 Å². The summed E-state index contributed by atoms with van der Waals surface area (Å²) in [6.45, 7) is 2.11. The molecule has 130 valence electrons. The molecule has 2 aromatic carbocycles. The monoisotopic (exact) mass is 337 g/mol. The molecule has 4 heteroatoms. The van der Waals surface area contributed by atoms with Crippen LogP contribution in [0, 0.1) is 11.8 Å². The highest BCUT2D eigenvalue weighted by Gasteiger charge is 2.16. The predicted octanol–water partition coefficient (Wildman–Crippen LogP) is 3.68. The van der Waals surface area contributed by atoms with Gasteiger partial charge in [0.25, 0.3) is 0 Å². The SMILES string of the molecule is CCOC(=O)[C@H](C#CCCc1ccccc1)Nc1ccc(OC)cc1. The molecule has 0 spiro atoms. The van der Waals surface area contributed by atoms with Crippen molar-refractivity contribution in [2.45, 2.75) is 25.8 Å². The molecular formula is C21H23NO3. The van der Waals surface area contributed by atoms with E-state index in [9.17, 15) is 4.79 Å². The van der Waals surface area contributed by atoms with E-state index in [-0.39, 0.29) is 5.97 Å². The molecule has 0 saturated heterocycles. The first kappa shape index (κ1) is 18.4. The number of hydrogen-bond donors (Lipinski definition) is 1. The molecule has 0 fully saturated rings. The summed E-state index contributed by atoms with van der Waals surface area (Å²) in [6, 6.07) is 16.8. The van der Waals surface area contributed by atoms with Crippen molar-refractivity contribution >= 4 is 11.7 Å². The third-order valence-electron chi connectivity index (χ3n) is 3.55. The molecule has 0 amide bonds. The second kappa shape index (κ2) is 10.0. The second-order valence-corrected chi connectivity index (χ2v) is 5.36. The summed E-state index contributed by atoms with van der Waals surface area (Å²) < 4.78 is 10.2. The van der Waals surface area contributed by atoms with E-state index in [4.69, 9.17) is 9.47 Å². The van der Waals surface area contributed by atoms with Gasteiger partial charge < -0.3 is 14.8 Å². The summed E-state index contributed by atoms with van der Waals surface area (Å²) in [4.78, 5) is 12.1. The van der Waals surface area contributed by atoms with E-state index in [1.165, 1.54) is 5.56 Å². The van der Waals surface area contributed by atoms with Crippen molar-refractivity contribution in [1.82, 2.24) is 0 Å². The van der Waals surface area contributed by atoms with E-state index in [1.54, 1.807) is 14.0 Å². The average molecular weight is 337 g/mol. The maximum atomic E-state index is 12.1. The van der Waals surface area contributed by atoms with Crippen molar-refractivity contribution in [3.8, 4) is 17.6 Å². The van der Waals surface area contributed by atoms with Crippen LogP contribution in [0.4, 0.5) is 5.69 Å². The van der Waals surface area contributed by atoms with Crippen LogP contribution in [0.25, 0.3) is 0 Å². The second-order valence-electron chi connectivity index (χ2n) is 5.36. The molecule has 0 aliphatic rings. The summed E-state index contributed by atoms with van der Waals surface area (Å²) in [7, 11) is 1.61. The van der Waals surface area contributed by atoms with Crippen LogP contribution in [0.2, 0.25) is 0 Å². The van der Waals surface area contributed by atoms with Crippen LogP contribution in [0.3, 0.4) is 0 Å². The predicted molar refractivity (Wildman–Crippen MR) is 99.6 cm³/mol. The van der Waals surface area contributed by atoms with Crippen molar-refractivity contribution < 1.29 is 14.3 Å². The Balaban J connectivity index is 2.00. The van der Waals surface area contributed by atoms with Gasteiger partial charge in [0.2, 0.25) is 0 Å². The molecule has 2 rings (SSSR count). The quantitative estimate of drug-likeness (QED) is 0.618. The van der Waals surface area contributed by atoms with Gasteiger partial charge in [-0.3, -0.25) is 0 Å². The molecule has 0 bridgehead atoms. The van der Waals surface area contributed by atoms with E-state index >= 15 is 0 Å². The highest BCUT2D eigenvalue weighted by molar-refractivity contribution is 5.83. The zero-order valence-electron chi connectivity index (χ0n) is 14.6. The molecule has 25 heavy (non-hydrogen) atoms. The number of carbonyl (C=O) groups is 1. The van der Waals surface area contributed by atoms with E-state index in [1.807, 2.05) is 42.5 Å². The standard InChI is InChI=1S/C21H23NO3/c1-3-25-21(23)20(22-18-13-15-19(24-2)16-14-18)12-8-7-11-17-9-5-4-6-10-17/h4-6,9-10,13-16,20,22H,3,7,11H2,1-2H3/t20-/m0/s1. The lowest BCUT2D eigenvalue weighted by Gasteiger charge is -2.13. The Hall–Kier alpha value is -2.93. The smallest absolute Gasteiger partial charge is 0.341 e. The normalized spacial score (nSPS) is 11.0. The van der Waals surface area contributed by atoms with Crippen molar-refractivity contribution in [2.24, 2.45) is 0 Å². The highest BCUT2D eigenvalue weighted by atomic mass is 16.5. The largest absolute Gasteiger partial charge is 0.497 e. The van der Waals surface area contributed by atoms with Crippen molar-refractivity contribution in [3.63, 3.8) is 0 Å². The summed E-state index contributed by atoms with van der Waals surface area (Å²) >= 11 is 0. The minimum absolute atomic E-state index is 0.325. The van der Waals surface area contributed by atoms with Crippen molar-refractivity contribution in [3.05, 3.63) is 60.2 Å². The number of benzene rings is 2. The maximum Gasteiger partial charge on any atom is 0.341 e. The van der Waals surface area contributed by atoms with Gasteiger partial charge in [-0.1, -0.05) is 36.3 Å². The molecule has 4 nitrogen and oxygen atoms in total. The van der Waals surface area contributed by atoms with Gasteiger partial charge in [0, 0.05) is 12.1 Å². The molecular weight excluding hydrogens is 314 g/mol. The van der Waals surface area contributed by atoms with Crippen molar-refractivity contribution in [1.29, 1.82) is 0 Å². The lowest BCUT2D eigenvalue weighted by molar-refractivity contribution is -0.142. The van der Waals surface area contributed by atoms with Crippen LogP contribution >= 0.6 is 0 Å². The lowest BCUT2D eigenvalue weighted by atomic mass is 10.1. The topological polar surface area (TPSA) is 47.6 Å². The van der Waals surface area contributed by atoms with E-state index in [0.29, 0.717) is 13.0 Å². The summed E-state index contributed by atoms with van der Waals surface area (Å²) in [5.41, 5.74) is 2.02. The first-order chi connectivity index (χ1) is 12.2. The average Bonchev–Trinajstić information content (AvgIpc) is 2.65. The molecule has 1 N–H and O–H groups in total. The molecule has 2 aromatic rings. The number of anilines is 1. The minimum atomic E-state index is -0.691. The lowest BCUT2D eigenvalue weighted by Crippen LogP contribution is -2.30. The third kappa shape index (κ3) is 6.23. The number of esters is 1. The number of hydrogen-bond acceptors (Lipinski definition) is 4. The van der Waals surface area contributed by atoms with Crippen LogP contribution < -0.4 is 10.1 Å². The first-order valence-electron chi connectivity index (χ1n) is 8.32. The Morgan fingerprint density at radius 1 is 1.12 bits per heavy atom. The first-order valence-corrected chi connectivity index (χ1v) is 8.32. The maximum absolute atomic E-state index is 12.1. The van der Waals surface area contributed by atoms with Crippen molar-refractivity contribution in [2.75, 3.05) is 19.0 Å². The van der Waals surface area contributed by atoms with Crippen LogP contribution in [-0.4, -0.2) is 25.7 Å². The Bertz CT molecular complexity index is 714. The summed E-state index contributed by atoms with van der Waals surface area (Å²) in [5, 5.41) is 3.11. The van der Waals surface area contributed by atoms with Gasteiger partial charge in [0.05, 0.1) is 13.7 Å². The fourth-order valence-corrected chi connectivity index (χ4v) is 2.26. The van der Waals surface area contributed by atoms with Gasteiger partial charge >= 0.3 is 5.97 Å². The van der Waals surface area contributed by atoms with E-state index in [2.05, 4.69) is 29.3 Å². The Kier molecular flexibility index (Phi) is 7.40. The summed E-state index contributed by atoms with van der Waals surface area (Å²) in [6.07, 6.45) is 1.54. The minimum Gasteiger partial charge on any atom is -0.497 e. The number of carbonyl (C=O) groups excluding carboxylic acids is 1. The van der Waals surface area contributed by atoms with E-state index < -0.39 is 6.04 Å². The van der Waals surface area contributed by atoms with Crippen LogP contribution in [0.15, 0.2) is 54.6 Å². The molecule has 0 radical (unpaired) electrons. The zero-order chi connectivity index (χ0) is 17.9. The molecule has 0 unspecified atom stereocenters. The van der Waals surface area contributed by atoms with E-state index in [0.717, 1.165) is 17.9 Å². The Morgan fingerprint density at radius 3 is 2.48 bits per heavy atom. The van der Waals surface area contributed by atoms with Crippen LogP contribution in [0.5, 0.6) is 5.75 Å². The van der Waals surface area contributed by atoms with Gasteiger partial charge in [-0.15, -0.1) is 5.92 Å². The number of aryl methyl sites for hydroxylation is 1. The number of methoxy groups -OCH3 is 1. The fourth-order valence-electron chi connectivity index (χ4n) is 2.26. The molecule has 0 aromatic heterocycles. The Labute approximate surface area is 149 Å². The molecule has 0 aliphatic carbocycles. The van der Waals surface area contributed by atoms with Gasteiger partial charge in [-0.25, -0.2) is 4.79 Å². The van der Waals surface area contributed by atoms with Gasteiger partial charge in [-0.2, -0.15) is 0 Å². The number of rotatable bonds is 7. The third-order valence-corrected chi connectivity index (χ3v) is 3.55. The molecule has 0 heterocycles. The zero-order valence-corrected chi connectivity index (χ0v) is 14.6. The Morgan fingerprint density at radius 2 is 1.84 bits per heavy atom. The van der Waals surface area contributed by atoms with Gasteiger partial charge in [-0.05, 0) is 43.2 Å². The van der Waals surface area contributed by atoms with Gasteiger partial charge in [0.15, 0.2) is 6.04 Å². The fraction of sp³-hybridized carbons (Fsp3) is 0.286. The molecule has 1 atom stereocenters. The summed E-state index contributed by atoms with van der Waals surface area (Å²) in [5.74, 6) is 6.45. The van der Waals surface area contributed by atoms with Gasteiger partial charge in [0.1, 0.15) is 5.75 Å². The molecule has 0 saturated carbocycles. The highest BCUT2D eigenvalue weighted by Crippen LogP contribution is 2.16. The van der Waals surface area contributed by atoms with Crippen LogP contribution in [0.1, 0.15) is 18.9 Å². The molecule has 0 aliphatic heterocycles. The number of nitrogens with one attached hydrogen (secondary N) is 1. The number of ether oxygens (including phenoxy) is 2.